The molecule has 0 N–H and O–H groups in total. The lowest BCUT2D eigenvalue weighted by Crippen LogP contribution is -2.49. The molecule has 4 rings (SSSR count). The fourth-order valence-electron chi connectivity index (χ4n) is 4.38. The van der Waals surface area contributed by atoms with Gasteiger partial charge < -0.3 is 9.80 Å². The van der Waals surface area contributed by atoms with E-state index in [2.05, 4.69) is 30.8 Å². The van der Waals surface area contributed by atoms with Gasteiger partial charge in [0, 0.05) is 44.3 Å². The number of amides is 1. The largest absolute Gasteiger partial charge is 0.365 e. The topological polar surface area (TPSA) is 61.7 Å². The van der Waals surface area contributed by atoms with Crippen LogP contribution in [0.5, 0.6) is 0 Å². The van der Waals surface area contributed by atoms with E-state index in [0.29, 0.717) is 49.2 Å². The summed E-state index contributed by atoms with van der Waals surface area (Å²) >= 11 is 6.46. The summed E-state index contributed by atoms with van der Waals surface area (Å²) in [7, 11) is 0. The van der Waals surface area contributed by atoms with Crippen LogP contribution in [0.3, 0.4) is 0 Å². The second-order valence-electron chi connectivity index (χ2n) is 9.03. The lowest BCUT2D eigenvalue weighted by Gasteiger charge is -2.36. The van der Waals surface area contributed by atoms with Crippen molar-refractivity contribution in [3.63, 3.8) is 0 Å². The number of carbonyl (C=O) groups is 1. The number of hydrogen-bond acceptors (Lipinski definition) is 5. The zero-order valence-corrected chi connectivity index (χ0v) is 21.3. The van der Waals surface area contributed by atoms with Crippen molar-refractivity contribution < 1.29 is 4.79 Å². The second-order valence-corrected chi connectivity index (χ2v) is 9.41. The first-order chi connectivity index (χ1) is 16.9. The molecule has 7 nitrogen and oxygen atoms in total. The number of benzene rings is 2. The standard InChI is InChI=1S/C27H32ClN5O2/c1-4-30(20(2)3)19-21-10-12-22(13-11-21)26(34)32-16-14-31(15-17-32)24-18-29-33(27(35)25(24)28)23-8-6-5-7-9-23/h5-13,18,20H,4,14-17,19H2,1-3H3. The number of halogens is 1. The molecule has 35 heavy (non-hydrogen) atoms. The van der Waals surface area contributed by atoms with Gasteiger partial charge in [-0.25, -0.2) is 0 Å². The summed E-state index contributed by atoms with van der Waals surface area (Å²) in [6.07, 6.45) is 1.63. The molecule has 0 radical (unpaired) electrons. The van der Waals surface area contributed by atoms with Crippen molar-refractivity contribution in [2.45, 2.75) is 33.4 Å². The van der Waals surface area contributed by atoms with Gasteiger partial charge in [0.1, 0.15) is 5.02 Å². The Morgan fingerprint density at radius 3 is 2.29 bits per heavy atom. The van der Waals surface area contributed by atoms with Gasteiger partial charge in [-0.1, -0.05) is 48.9 Å². The van der Waals surface area contributed by atoms with Crippen molar-refractivity contribution in [3.8, 4) is 5.69 Å². The minimum atomic E-state index is -0.354. The van der Waals surface area contributed by atoms with E-state index in [0.717, 1.165) is 13.1 Å². The van der Waals surface area contributed by atoms with Gasteiger partial charge in [0.15, 0.2) is 0 Å². The van der Waals surface area contributed by atoms with Gasteiger partial charge in [-0.15, -0.1) is 0 Å². The number of nitrogens with zero attached hydrogens (tertiary/aromatic N) is 5. The molecule has 0 saturated carbocycles. The molecule has 0 bridgehead atoms. The summed E-state index contributed by atoms with van der Waals surface area (Å²) in [6.45, 7) is 10.7. The van der Waals surface area contributed by atoms with Crippen molar-refractivity contribution in [2.75, 3.05) is 37.6 Å². The molecule has 0 aliphatic carbocycles. The smallest absolute Gasteiger partial charge is 0.292 e. The summed E-state index contributed by atoms with van der Waals surface area (Å²) in [6, 6.07) is 17.6. The predicted octanol–water partition coefficient (Wildman–Crippen LogP) is 4.08. The van der Waals surface area contributed by atoms with Crippen LogP contribution in [0, 0.1) is 0 Å². The van der Waals surface area contributed by atoms with E-state index in [4.69, 9.17) is 11.6 Å². The van der Waals surface area contributed by atoms with E-state index in [1.54, 1.807) is 6.20 Å². The van der Waals surface area contributed by atoms with Crippen LogP contribution in [0.25, 0.3) is 5.69 Å². The molecule has 2 aromatic carbocycles. The SMILES string of the molecule is CCN(Cc1ccc(C(=O)N2CCN(c3cnn(-c4ccccc4)c(=O)c3Cl)CC2)cc1)C(C)C. The maximum absolute atomic E-state index is 13.1. The summed E-state index contributed by atoms with van der Waals surface area (Å²) in [5.41, 5.74) is 2.81. The zero-order valence-electron chi connectivity index (χ0n) is 20.5. The molecule has 1 aromatic heterocycles. The van der Waals surface area contributed by atoms with Gasteiger partial charge in [0.2, 0.25) is 0 Å². The Balaban J connectivity index is 1.39. The van der Waals surface area contributed by atoms with Crippen LogP contribution in [-0.4, -0.2) is 64.3 Å². The van der Waals surface area contributed by atoms with Crippen molar-refractivity contribution >= 4 is 23.2 Å². The Kier molecular flexibility index (Phi) is 7.88. The van der Waals surface area contributed by atoms with Crippen LogP contribution in [0.1, 0.15) is 36.7 Å². The minimum Gasteiger partial charge on any atom is -0.365 e. The highest BCUT2D eigenvalue weighted by Crippen LogP contribution is 2.23. The molecule has 1 fully saturated rings. The van der Waals surface area contributed by atoms with Gasteiger partial charge >= 0.3 is 0 Å². The van der Waals surface area contributed by atoms with Crippen molar-refractivity contribution in [1.29, 1.82) is 0 Å². The molecule has 1 aliphatic heterocycles. The first-order valence-corrected chi connectivity index (χ1v) is 12.5. The van der Waals surface area contributed by atoms with E-state index >= 15 is 0 Å². The Bertz CT molecular complexity index is 1200. The molecule has 1 saturated heterocycles. The van der Waals surface area contributed by atoms with Crippen LogP contribution in [0.2, 0.25) is 5.02 Å². The normalized spacial score (nSPS) is 14.1. The van der Waals surface area contributed by atoms with Crippen LogP contribution in [0.4, 0.5) is 5.69 Å². The Labute approximate surface area is 211 Å². The molecule has 1 aliphatic rings. The summed E-state index contributed by atoms with van der Waals surface area (Å²) in [5.74, 6) is 0.0242. The van der Waals surface area contributed by atoms with Crippen LogP contribution in [0.15, 0.2) is 65.6 Å². The van der Waals surface area contributed by atoms with Gasteiger partial charge in [-0.2, -0.15) is 9.78 Å². The third-order valence-corrected chi connectivity index (χ3v) is 6.89. The Morgan fingerprint density at radius 2 is 1.69 bits per heavy atom. The minimum absolute atomic E-state index is 0.0242. The maximum Gasteiger partial charge on any atom is 0.292 e. The maximum atomic E-state index is 13.1. The van der Waals surface area contributed by atoms with Gasteiger partial charge in [-0.3, -0.25) is 14.5 Å². The third-order valence-electron chi connectivity index (χ3n) is 6.53. The molecule has 2 heterocycles. The fraction of sp³-hybridized carbons (Fsp3) is 0.370. The molecule has 0 unspecified atom stereocenters. The highest BCUT2D eigenvalue weighted by atomic mass is 35.5. The first kappa shape index (κ1) is 24.9. The quantitative estimate of drug-likeness (QED) is 0.496. The first-order valence-electron chi connectivity index (χ1n) is 12.1. The molecule has 3 aromatic rings. The van der Waals surface area contributed by atoms with E-state index in [-0.39, 0.29) is 16.5 Å². The van der Waals surface area contributed by atoms with Crippen LogP contribution >= 0.6 is 11.6 Å². The van der Waals surface area contributed by atoms with Crippen molar-refractivity contribution in [1.82, 2.24) is 19.6 Å². The second kappa shape index (κ2) is 11.1. The van der Waals surface area contributed by atoms with Crippen molar-refractivity contribution in [3.05, 3.63) is 87.3 Å². The average molecular weight is 494 g/mol. The number of anilines is 1. The van der Waals surface area contributed by atoms with E-state index in [1.165, 1.54) is 10.2 Å². The number of para-hydroxylation sites is 1. The molecular weight excluding hydrogens is 462 g/mol. The van der Waals surface area contributed by atoms with Gasteiger partial charge in [-0.05, 0) is 50.2 Å². The average Bonchev–Trinajstić information content (AvgIpc) is 2.89. The van der Waals surface area contributed by atoms with Gasteiger partial charge in [0.05, 0.1) is 17.6 Å². The molecule has 1 amide bonds. The number of hydrogen-bond donors (Lipinski definition) is 0. The lowest BCUT2D eigenvalue weighted by molar-refractivity contribution is 0.0746. The number of piperazine rings is 1. The van der Waals surface area contributed by atoms with E-state index in [9.17, 15) is 9.59 Å². The summed E-state index contributed by atoms with van der Waals surface area (Å²) in [5, 5.41) is 4.47. The Hall–Kier alpha value is -3.16. The fourth-order valence-corrected chi connectivity index (χ4v) is 4.63. The third kappa shape index (κ3) is 5.57. The van der Waals surface area contributed by atoms with Crippen LogP contribution < -0.4 is 10.5 Å². The van der Waals surface area contributed by atoms with E-state index in [1.807, 2.05) is 64.4 Å². The number of carbonyl (C=O) groups excluding carboxylic acids is 1. The van der Waals surface area contributed by atoms with E-state index < -0.39 is 0 Å². The molecule has 8 heteroatoms. The van der Waals surface area contributed by atoms with Crippen molar-refractivity contribution in [2.24, 2.45) is 0 Å². The monoisotopic (exact) mass is 493 g/mol. The molecule has 0 atom stereocenters. The van der Waals surface area contributed by atoms with Gasteiger partial charge in [0.25, 0.3) is 11.5 Å². The molecule has 184 valence electrons. The highest BCUT2D eigenvalue weighted by Gasteiger charge is 2.25. The molecule has 0 spiro atoms. The number of aromatic nitrogens is 2. The lowest BCUT2D eigenvalue weighted by atomic mass is 10.1. The summed E-state index contributed by atoms with van der Waals surface area (Å²) in [4.78, 5) is 32.1. The number of rotatable bonds is 7. The summed E-state index contributed by atoms with van der Waals surface area (Å²) < 4.78 is 1.30. The predicted molar refractivity (Wildman–Crippen MR) is 141 cm³/mol. The molecular formula is C27H32ClN5O2. The highest BCUT2D eigenvalue weighted by molar-refractivity contribution is 6.33. The zero-order chi connectivity index (χ0) is 24.9. The Morgan fingerprint density at radius 1 is 1.03 bits per heavy atom. The van der Waals surface area contributed by atoms with Crippen LogP contribution in [-0.2, 0) is 6.54 Å².